The van der Waals surface area contributed by atoms with Gasteiger partial charge in [-0.1, -0.05) is 6.07 Å². The summed E-state index contributed by atoms with van der Waals surface area (Å²) in [5.74, 6) is -1.08. The number of carbonyl (C=O) groups is 2. The van der Waals surface area contributed by atoms with Crippen molar-refractivity contribution < 1.29 is 27.9 Å². The number of halogens is 3. The number of anilines is 2. The zero-order valence-corrected chi connectivity index (χ0v) is 13.5. The third-order valence-corrected chi connectivity index (χ3v) is 3.32. The minimum Gasteiger partial charge on any atom is -0.395 e. The second kappa shape index (κ2) is 8.43. The molecule has 0 fully saturated rings. The molecule has 0 bridgehead atoms. The molecular weight excluding hydrogens is 351 g/mol. The number of Topliss-reactive ketones (excluding diaryl/α,β-unsaturated/α-hetero) is 1. The molecule has 0 radical (unpaired) electrons. The van der Waals surface area contributed by atoms with Crippen molar-refractivity contribution in [3.05, 3.63) is 53.7 Å². The van der Waals surface area contributed by atoms with Gasteiger partial charge in [-0.05, 0) is 30.3 Å². The van der Waals surface area contributed by atoms with Crippen molar-refractivity contribution in [3.63, 3.8) is 0 Å². The summed E-state index contributed by atoms with van der Waals surface area (Å²) < 4.78 is 38.4. The van der Waals surface area contributed by atoms with Crippen molar-refractivity contribution in [3.8, 4) is 0 Å². The fraction of sp³-hybridized carbons (Fsp3) is 0.235. The standard InChI is InChI=1S/C17H16F3N3O3/c18-17(19,20)11-3-1-4-12(9-11)23-16-13(5-2-6-22-16)14(25)10-15(26)21-7-8-24/h1-6,9,24H,7-8,10H2,(H,21,26)(H,22,23). The van der Waals surface area contributed by atoms with E-state index in [2.05, 4.69) is 15.6 Å². The van der Waals surface area contributed by atoms with Gasteiger partial charge in [0.15, 0.2) is 5.78 Å². The highest BCUT2D eigenvalue weighted by Gasteiger charge is 2.30. The predicted octanol–water partition coefficient (Wildman–Crippen LogP) is 2.53. The predicted molar refractivity (Wildman–Crippen MR) is 88.0 cm³/mol. The molecule has 0 aliphatic carbocycles. The Morgan fingerprint density at radius 1 is 1.15 bits per heavy atom. The molecular formula is C17H16F3N3O3. The average Bonchev–Trinajstić information content (AvgIpc) is 2.60. The topological polar surface area (TPSA) is 91.3 Å². The van der Waals surface area contributed by atoms with E-state index in [1.165, 1.54) is 30.5 Å². The molecule has 1 amide bonds. The molecule has 0 saturated heterocycles. The van der Waals surface area contributed by atoms with Crippen LogP contribution in [-0.2, 0) is 11.0 Å². The monoisotopic (exact) mass is 367 g/mol. The van der Waals surface area contributed by atoms with Crippen LogP contribution in [0.25, 0.3) is 0 Å². The van der Waals surface area contributed by atoms with Gasteiger partial charge in [-0.25, -0.2) is 4.98 Å². The number of nitrogens with zero attached hydrogens (tertiary/aromatic N) is 1. The molecule has 0 saturated carbocycles. The van der Waals surface area contributed by atoms with Gasteiger partial charge in [0.05, 0.1) is 24.2 Å². The smallest absolute Gasteiger partial charge is 0.395 e. The maximum atomic E-state index is 12.8. The van der Waals surface area contributed by atoms with Gasteiger partial charge in [0.2, 0.25) is 5.91 Å². The van der Waals surface area contributed by atoms with E-state index >= 15 is 0 Å². The molecule has 0 spiro atoms. The lowest BCUT2D eigenvalue weighted by Crippen LogP contribution is -2.28. The van der Waals surface area contributed by atoms with Crippen molar-refractivity contribution >= 4 is 23.2 Å². The molecule has 0 aliphatic heterocycles. The number of amides is 1. The molecule has 0 unspecified atom stereocenters. The number of pyridine rings is 1. The third-order valence-electron chi connectivity index (χ3n) is 3.32. The lowest BCUT2D eigenvalue weighted by molar-refractivity contribution is -0.137. The fourth-order valence-electron chi connectivity index (χ4n) is 2.14. The SMILES string of the molecule is O=C(CC(=O)c1cccnc1Nc1cccc(C(F)(F)F)c1)NCCO. The van der Waals surface area contributed by atoms with Crippen LogP contribution in [0, 0.1) is 0 Å². The Morgan fingerprint density at radius 2 is 1.92 bits per heavy atom. The van der Waals surface area contributed by atoms with Crippen LogP contribution in [0.3, 0.4) is 0 Å². The molecule has 138 valence electrons. The third kappa shape index (κ3) is 5.28. The van der Waals surface area contributed by atoms with E-state index in [1.807, 2.05) is 0 Å². The lowest BCUT2D eigenvalue weighted by atomic mass is 10.1. The lowest BCUT2D eigenvalue weighted by Gasteiger charge is -2.12. The largest absolute Gasteiger partial charge is 0.416 e. The number of carbonyl (C=O) groups excluding carboxylic acids is 2. The van der Waals surface area contributed by atoms with Gasteiger partial charge in [-0.2, -0.15) is 13.2 Å². The van der Waals surface area contributed by atoms with E-state index in [9.17, 15) is 22.8 Å². The van der Waals surface area contributed by atoms with E-state index in [0.29, 0.717) is 0 Å². The normalized spacial score (nSPS) is 11.1. The van der Waals surface area contributed by atoms with Crippen molar-refractivity contribution in [1.82, 2.24) is 10.3 Å². The summed E-state index contributed by atoms with van der Waals surface area (Å²) in [6.45, 7) is -0.232. The number of aliphatic hydroxyl groups is 1. The first-order valence-corrected chi connectivity index (χ1v) is 7.61. The summed E-state index contributed by atoms with van der Waals surface area (Å²) in [6.07, 6.45) is -3.59. The Labute approximate surface area is 147 Å². The van der Waals surface area contributed by atoms with Gasteiger partial charge in [-0.3, -0.25) is 9.59 Å². The first-order valence-electron chi connectivity index (χ1n) is 7.61. The maximum absolute atomic E-state index is 12.8. The van der Waals surface area contributed by atoms with E-state index in [1.54, 1.807) is 0 Å². The highest BCUT2D eigenvalue weighted by atomic mass is 19.4. The van der Waals surface area contributed by atoms with Crippen LogP contribution in [0.4, 0.5) is 24.7 Å². The second-order valence-electron chi connectivity index (χ2n) is 5.28. The molecule has 0 atom stereocenters. The number of alkyl halides is 3. The number of aromatic nitrogens is 1. The quantitative estimate of drug-likeness (QED) is 0.517. The highest BCUT2D eigenvalue weighted by Crippen LogP contribution is 2.31. The van der Waals surface area contributed by atoms with Crippen LogP contribution >= 0.6 is 0 Å². The van der Waals surface area contributed by atoms with Crippen LogP contribution < -0.4 is 10.6 Å². The van der Waals surface area contributed by atoms with E-state index in [0.717, 1.165) is 12.1 Å². The number of rotatable bonds is 7. The van der Waals surface area contributed by atoms with Gasteiger partial charge in [-0.15, -0.1) is 0 Å². The van der Waals surface area contributed by atoms with Gasteiger partial charge in [0, 0.05) is 18.4 Å². The van der Waals surface area contributed by atoms with Gasteiger partial charge in [0.25, 0.3) is 0 Å². The van der Waals surface area contributed by atoms with Crippen LogP contribution in [-0.4, -0.2) is 34.9 Å². The van der Waals surface area contributed by atoms with Gasteiger partial charge >= 0.3 is 6.18 Å². The molecule has 0 aliphatic rings. The summed E-state index contributed by atoms with van der Waals surface area (Å²) in [6, 6.07) is 7.38. The summed E-state index contributed by atoms with van der Waals surface area (Å²) in [5, 5.41) is 13.7. The molecule has 3 N–H and O–H groups in total. The summed E-state index contributed by atoms with van der Waals surface area (Å²) in [5.41, 5.74) is -0.656. The Bertz CT molecular complexity index is 794. The second-order valence-corrected chi connectivity index (χ2v) is 5.28. The Hall–Kier alpha value is -2.94. The number of benzene rings is 1. The van der Waals surface area contributed by atoms with Crippen molar-refractivity contribution in [2.45, 2.75) is 12.6 Å². The van der Waals surface area contributed by atoms with Crippen LogP contribution in [0.15, 0.2) is 42.6 Å². The molecule has 1 aromatic heterocycles. The molecule has 2 rings (SSSR count). The molecule has 26 heavy (non-hydrogen) atoms. The first kappa shape index (κ1) is 19.4. The molecule has 1 heterocycles. The molecule has 6 nitrogen and oxygen atoms in total. The average molecular weight is 367 g/mol. The number of aliphatic hydroxyl groups excluding tert-OH is 1. The maximum Gasteiger partial charge on any atom is 0.416 e. The van der Waals surface area contributed by atoms with Crippen LogP contribution in [0.5, 0.6) is 0 Å². The number of hydrogen-bond acceptors (Lipinski definition) is 5. The first-order chi connectivity index (χ1) is 12.3. The summed E-state index contributed by atoms with van der Waals surface area (Å²) in [7, 11) is 0. The van der Waals surface area contributed by atoms with Crippen molar-refractivity contribution in [1.29, 1.82) is 0 Å². The summed E-state index contributed by atoms with van der Waals surface area (Å²) in [4.78, 5) is 27.8. The minimum atomic E-state index is -4.49. The number of nitrogens with one attached hydrogen (secondary N) is 2. The van der Waals surface area contributed by atoms with Gasteiger partial charge in [0.1, 0.15) is 5.82 Å². The zero-order chi connectivity index (χ0) is 19.2. The van der Waals surface area contributed by atoms with E-state index in [-0.39, 0.29) is 30.2 Å². The van der Waals surface area contributed by atoms with E-state index < -0.39 is 29.9 Å². The Morgan fingerprint density at radius 3 is 2.62 bits per heavy atom. The Balaban J connectivity index is 2.19. The molecule has 2 aromatic rings. The zero-order valence-electron chi connectivity index (χ0n) is 13.5. The van der Waals surface area contributed by atoms with Crippen molar-refractivity contribution in [2.24, 2.45) is 0 Å². The van der Waals surface area contributed by atoms with Crippen LogP contribution in [0.2, 0.25) is 0 Å². The van der Waals surface area contributed by atoms with Crippen LogP contribution in [0.1, 0.15) is 22.3 Å². The van der Waals surface area contributed by atoms with E-state index in [4.69, 9.17) is 5.11 Å². The number of ketones is 1. The summed E-state index contributed by atoms with van der Waals surface area (Å²) >= 11 is 0. The minimum absolute atomic E-state index is 0.0223. The van der Waals surface area contributed by atoms with Crippen molar-refractivity contribution in [2.75, 3.05) is 18.5 Å². The number of hydrogen-bond donors (Lipinski definition) is 3. The molecule has 9 heteroatoms. The fourth-order valence-corrected chi connectivity index (χ4v) is 2.14. The highest BCUT2D eigenvalue weighted by molar-refractivity contribution is 6.10. The Kier molecular flexibility index (Phi) is 6.29. The molecule has 1 aromatic carbocycles. The van der Waals surface area contributed by atoms with Gasteiger partial charge < -0.3 is 15.7 Å².